The highest BCUT2D eigenvalue weighted by Gasteiger charge is 2.15. The molecule has 0 unspecified atom stereocenters. The Balaban J connectivity index is 1.54. The first-order valence-electron chi connectivity index (χ1n) is 9.25. The van der Waals surface area contributed by atoms with Gasteiger partial charge in [0.1, 0.15) is 5.82 Å². The van der Waals surface area contributed by atoms with Crippen molar-refractivity contribution in [1.82, 2.24) is 20.1 Å². The molecule has 9 heteroatoms. The van der Waals surface area contributed by atoms with Gasteiger partial charge in [-0.25, -0.2) is 4.39 Å². The minimum absolute atomic E-state index is 0.0303. The van der Waals surface area contributed by atoms with Gasteiger partial charge in [-0.15, -0.1) is 10.2 Å². The monoisotopic (exact) mass is 427 g/mol. The van der Waals surface area contributed by atoms with Gasteiger partial charge in [0.25, 0.3) is 5.91 Å². The van der Waals surface area contributed by atoms with Crippen molar-refractivity contribution in [3.63, 3.8) is 0 Å². The molecular weight excluding hydrogens is 405 g/mol. The molecule has 1 aromatic heterocycles. The summed E-state index contributed by atoms with van der Waals surface area (Å²) in [5.74, 6) is -0.600. The number of carbonyl (C=O) groups is 2. The van der Waals surface area contributed by atoms with E-state index in [4.69, 9.17) is 0 Å². The normalized spacial score (nSPS) is 10.7. The van der Waals surface area contributed by atoms with E-state index in [9.17, 15) is 14.0 Å². The fourth-order valence-corrected chi connectivity index (χ4v) is 3.63. The second-order valence-electron chi connectivity index (χ2n) is 6.83. The SMILES string of the molecule is Cc1cc(C)cc(NC(=O)CSc2nnc(CNC(=O)c3ccccc3F)n2C)c1. The zero-order chi connectivity index (χ0) is 21.7. The molecule has 3 rings (SSSR count). The van der Waals surface area contributed by atoms with E-state index < -0.39 is 11.7 Å². The molecule has 2 aromatic carbocycles. The highest BCUT2D eigenvalue weighted by molar-refractivity contribution is 7.99. The lowest BCUT2D eigenvalue weighted by molar-refractivity contribution is -0.113. The van der Waals surface area contributed by atoms with Crippen LogP contribution in [0.5, 0.6) is 0 Å². The van der Waals surface area contributed by atoms with Crippen molar-refractivity contribution in [1.29, 1.82) is 0 Å². The van der Waals surface area contributed by atoms with Crippen LogP contribution >= 0.6 is 11.8 Å². The molecule has 0 saturated heterocycles. The molecule has 30 heavy (non-hydrogen) atoms. The molecule has 0 aliphatic rings. The third-order valence-electron chi connectivity index (χ3n) is 4.29. The van der Waals surface area contributed by atoms with Crippen molar-refractivity contribution >= 4 is 29.3 Å². The Labute approximate surface area is 178 Å². The lowest BCUT2D eigenvalue weighted by Gasteiger charge is -2.08. The van der Waals surface area contributed by atoms with E-state index in [0.717, 1.165) is 16.8 Å². The van der Waals surface area contributed by atoms with Gasteiger partial charge in [0.2, 0.25) is 5.91 Å². The smallest absolute Gasteiger partial charge is 0.254 e. The Kier molecular flexibility index (Phi) is 6.83. The van der Waals surface area contributed by atoms with Gasteiger partial charge in [-0.1, -0.05) is 30.0 Å². The molecule has 7 nitrogen and oxygen atoms in total. The number of amides is 2. The number of aromatic nitrogens is 3. The summed E-state index contributed by atoms with van der Waals surface area (Å²) in [6.45, 7) is 4.04. The molecule has 0 fully saturated rings. The first-order chi connectivity index (χ1) is 14.3. The van der Waals surface area contributed by atoms with Crippen LogP contribution in [0, 0.1) is 19.7 Å². The van der Waals surface area contributed by atoms with Gasteiger partial charge >= 0.3 is 0 Å². The Hall–Kier alpha value is -3.20. The first-order valence-corrected chi connectivity index (χ1v) is 10.2. The van der Waals surface area contributed by atoms with E-state index in [1.807, 2.05) is 32.0 Å². The summed E-state index contributed by atoms with van der Waals surface area (Å²) in [6, 6.07) is 11.6. The van der Waals surface area contributed by atoms with Gasteiger partial charge in [-0.05, 0) is 49.2 Å². The van der Waals surface area contributed by atoms with Gasteiger partial charge < -0.3 is 15.2 Å². The summed E-state index contributed by atoms with van der Waals surface area (Å²) in [6.07, 6.45) is 0. The van der Waals surface area contributed by atoms with Gasteiger partial charge in [0.15, 0.2) is 11.0 Å². The molecule has 1 heterocycles. The zero-order valence-electron chi connectivity index (χ0n) is 16.9. The molecule has 0 bridgehead atoms. The number of carbonyl (C=O) groups excluding carboxylic acids is 2. The molecule has 0 aliphatic carbocycles. The highest BCUT2D eigenvalue weighted by Crippen LogP contribution is 2.18. The number of thioether (sulfide) groups is 1. The second kappa shape index (κ2) is 9.53. The van der Waals surface area contributed by atoms with Crippen molar-refractivity contribution in [2.75, 3.05) is 11.1 Å². The maximum Gasteiger partial charge on any atom is 0.254 e. The van der Waals surface area contributed by atoms with Crippen molar-refractivity contribution in [2.45, 2.75) is 25.5 Å². The molecule has 0 aliphatic heterocycles. The summed E-state index contributed by atoms with van der Waals surface area (Å²) in [5.41, 5.74) is 2.88. The second-order valence-corrected chi connectivity index (χ2v) is 7.78. The third kappa shape index (κ3) is 5.44. The summed E-state index contributed by atoms with van der Waals surface area (Å²) in [5, 5.41) is 14.1. The van der Waals surface area contributed by atoms with Crippen LogP contribution in [0.4, 0.5) is 10.1 Å². The summed E-state index contributed by atoms with van der Waals surface area (Å²) < 4.78 is 15.4. The van der Waals surface area contributed by atoms with E-state index in [1.54, 1.807) is 17.7 Å². The number of hydrogen-bond acceptors (Lipinski definition) is 5. The van der Waals surface area contributed by atoms with Crippen molar-refractivity contribution in [3.05, 3.63) is 70.8 Å². The quantitative estimate of drug-likeness (QED) is 0.565. The molecule has 0 spiro atoms. The minimum Gasteiger partial charge on any atom is -0.345 e. The molecule has 2 amide bonds. The fourth-order valence-electron chi connectivity index (χ4n) is 2.90. The number of rotatable bonds is 7. The van der Waals surface area contributed by atoms with Crippen molar-refractivity contribution < 1.29 is 14.0 Å². The van der Waals surface area contributed by atoms with Crippen LogP contribution in [-0.2, 0) is 18.4 Å². The topological polar surface area (TPSA) is 88.9 Å². The predicted molar refractivity (Wildman–Crippen MR) is 114 cm³/mol. The number of halogens is 1. The van der Waals surface area contributed by atoms with E-state index in [2.05, 4.69) is 20.8 Å². The molecule has 2 N–H and O–H groups in total. The summed E-state index contributed by atoms with van der Waals surface area (Å²) in [7, 11) is 1.74. The van der Waals surface area contributed by atoms with E-state index in [0.29, 0.717) is 11.0 Å². The summed E-state index contributed by atoms with van der Waals surface area (Å²) >= 11 is 1.24. The molecular formula is C21H22FN5O2S. The van der Waals surface area contributed by atoms with Gasteiger partial charge in [-0.3, -0.25) is 9.59 Å². The number of anilines is 1. The minimum atomic E-state index is -0.584. The standard InChI is InChI=1S/C21H22FN5O2S/c1-13-8-14(2)10-15(9-13)24-19(28)12-30-21-26-25-18(27(21)3)11-23-20(29)16-6-4-5-7-17(16)22/h4-10H,11-12H2,1-3H3,(H,23,29)(H,24,28). The molecule has 156 valence electrons. The zero-order valence-corrected chi connectivity index (χ0v) is 17.7. The maximum absolute atomic E-state index is 13.7. The van der Waals surface area contributed by atoms with Gasteiger partial charge in [0.05, 0.1) is 17.9 Å². The van der Waals surface area contributed by atoms with Crippen molar-refractivity contribution in [3.8, 4) is 0 Å². The Morgan fingerprint density at radius 1 is 1.10 bits per heavy atom. The molecule has 0 saturated carbocycles. The lowest BCUT2D eigenvalue weighted by atomic mass is 10.1. The predicted octanol–water partition coefficient (Wildman–Crippen LogP) is 3.23. The fraction of sp³-hybridized carbons (Fsp3) is 0.238. The van der Waals surface area contributed by atoms with E-state index in [1.165, 1.54) is 30.0 Å². The Morgan fingerprint density at radius 2 is 1.80 bits per heavy atom. The van der Waals surface area contributed by atoms with E-state index in [-0.39, 0.29) is 23.8 Å². The molecule has 3 aromatic rings. The average molecular weight is 428 g/mol. The van der Waals surface area contributed by atoms with E-state index >= 15 is 0 Å². The molecule has 0 radical (unpaired) electrons. The number of aryl methyl sites for hydroxylation is 2. The number of nitrogens with one attached hydrogen (secondary N) is 2. The van der Waals surface area contributed by atoms with Crippen molar-refractivity contribution in [2.24, 2.45) is 7.05 Å². The van der Waals surface area contributed by atoms with Gasteiger partial charge in [-0.2, -0.15) is 0 Å². The lowest BCUT2D eigenvalue weighted by Crippen LogP contribution is -2.25. The van der Waals surface area contributed by atoms with Crippen LogP contribution in [0.3, 0.4) is 0 Å². The Morgan fingerprint density at radius 3 is 2.50 bits per heavy atom. The van der Waals surface area contributed by atoms with Crippen LogP contribution in [0.1, 0.15) is 27.3 Å². The largest absolute Gasteiger partial charge is 0.345 e. The highest BCUT2D eigenvalue weighted by atomic mass is 32.2. The number of benzene rings is 2. The van der Waals surface area contributed by atoms with Crippen LogP contribution in [-0.4, -0.2) is 32.3 Å². The number of nitrogens with zero attached hydrogens (tertiary/aromatic N) is 3. The van der Waals surface area contributed by atoms with Crippen LogP contribution in [0.15, 0.2) is 47.6 Å². The number of hydrogen-bond donors (Lipinski definition) is 2. The van der Waals surface area contributed by atoms with Crippen LogP contribution in [0.2, 0.25) is 0 Å². The third-order valence-corrected chi connectivity index (χ3v) is 5.31. The van der Waals surface area contributed by atoms with Crippen LogP contribution in [0.25, 0.3) is 0 Å². The van der Waals surface area contributed by atoms with Crippen LogP contribution < -0.4 is 10.6 Å². The maximum atomic E-state index is 13.7. The summed E-state index contributed by atoms with van der Waals surface area (Å²) in [4.78, 5) is 24.4. The van der Waals surface area contributed by atoms with Gasteiger partial charge in [0, 0.05) is 12.7 Å². The molecule has 0 atom stereocenters. The Bertz CT molecular complexity index is 1060. The average Bonchev–Trinajstić information content (AvgIpc) is 3.03. The first kappa shape index (κ1) is 21.5.